The van der Waals surface area contributed by atoms with Gasteiger partial charge in [0.25, 0.3) is 0 Å². The van der Waals surface area contributed by atoms with Crippen molar-refractivity contribution >= 4 is 0 Å². The van der Waals surface area contributed by atoms with Crippen LogP contribution in [-0.2, 0) is 6.42 Å². The molecule has 0 amide bonds. The SMILES string of the molecule is Cc1ccc(CCCCCCNC(C)C)cc1. The standard InChI is InChI=1S/C16H27N/c1-14(2)17-13-7-5-4-6-8-16-11-9-15(3)10-12-16/h9-12,14,17H,4-8,13H2,1-3H3. The van der Waals surface area contributed by atoms with Crippen molar-refractivity contribution in [2.75, 3.05) is 6.54 Å². The van der Waals surface area contributed by atoms with E-state index >= 15 is 0 Å². The number of benzene rings is 1. The van der Waals surface area contributed by atoms with E-state index in [1.54, 1.807) is 0 Å². The summed E-state index contributed by atoms with van der Waals surface area (Å²) in [6.07, 6.45) is 6.58. The molecule has 96 valence electrons. The van der Waals surface area contributed by atoms with Gasteiger partial charge in [0.1, 0.15) is 0 Å². The lowest BCUT2D eigenvalue weighted by molar-refractivity contribution is 0.542. The zero-order valence-corrected chi connectivity index (χ0v) is 11.6. The lowest BCUT2D eigenvalue weighted by Crippen LogP contribution is -2.23. The quantitative estimate of drug-likeness (QED) is 0.667. The van der Waals surface area contributed by atoms with Crippen LogP contribution in [0.2, 0.25) is 0 Å². The maximum Gasteiger partial charge on any atom is 0.00103 e. The van der Waals surface area contributed by atoms with Gasteiger partial charge in [-0.05, 0) is 38.3 Å². The molecule has 1 aromatic carbocycles. The summed E-state index contributed by atoms with van der Waals surface area (Å²) in [7, 11) is 0. The summed E-state index contributed by atoms with van der Waals surface area (Å²) < 4.78 is 0. The normalized spacial score (nSPS) is 11.1. The summed E-state index contributed by atoms with van der Waals surface area (Å²) in [5, 5.41) is 3.46. The lowest BCUT2D eigenvalue weighted by atomic mass is 10.0. The van der Waals surface area contributed by atoms with Gasteiger partial charge in [0.15, 0.2) is 0 Å². The van der Waals surface area contributed by atoms with E-state index in [0.29, 0.717) is 6.04 Å². The number of rotatable bonds is 8. The Balaban J connectivity index is 1.99. The number of aryl methyl sites for hydroxylation is 2. The monoisotopic (exact) mass is 233 g/mol. The average Bonchev–Trinajstić information content (AvgIpc) is 2.30. The van der Waals surface area contributed by atoms with Crippen LogP contribution >= 0.6 is 0 Å². The molecule has 0 atom stereocenters. The molecule has 0 saturated heterocycles. The number of hydrogen-bond donors (Lipinski definition) is 1. The maximum atomic E-state index is 3.46. The van der Waals surface area contributed by atoms with Gasteiger partial charge in [-0.2, -0.15) is 0 Å². The molecule has 1 N–H and O–H groups in total. The zero-order valence-electron chi connectivity index (χ0n) is 11.6. The Labute approximate surface area is 107 Å². The van der Waals surface area contributed by atoms with Crippen molar-refractivity contribution in [1.29, 1.82) is 0 Å². The molecule has 0 heterocycles. The van der Waals surface area contributed by atoms with Gasteiger partial charge in [0.05, 0.1) is 0 Å². The van der Waals surface area contributed by atoms with Crippen molar-refractivity contribution < 1.29 is 0 Å². The fourth-order valence-electron chi connectivity index (χ4n) is 1.95. The Kier molecular flexibility index (Phi) is 6.95. The topological polar surface area (TPSA) is 12.0 Å². The van der Waals surface area contributed by atoms with E-state index in [1.807, 2.05) is 0 Å². The van der Waals surface area contributed by atoms with E-state index in [0.717, 1.165) is 0 Å². The molecule has 17 heavy (non-hydrogen) atoms. The molecule has 1 aromatic rings. The predicted molar refractivity (Wildman–Crippen MR) is 76.5 cm³/mol. The molecule has 0 radical (unpaired) electrons. The fraction of sp³-hybridized carbons (Fsp3) is 0.625. The molecule has 0 aliphatic rings. The molecule has 0 aromatic heterocycles. The number of hydrogen-bond acceptors (Lipinski definition) is 1. The first-order valence-electron chi connectivity index (χ1n) is 6.97. The largest absolute Gasteiger partial charge is 0.315 e. The number of nitrogens with one attached hydrogen (secondary N) is 1. The fourth-order valence-corrected chi connectivity index (χ4v) is 1.95. The van der Waals surface area contributed by atoms with Crippen LogP contribution in [0.4, 0.5) is 0 Å². The molecule has 0 saturated carbocycles. The van der Waals surface area contributed by atoms with Crippen LogP contribution in [0.5, 0.6) is 0 Å². The van der Waals surface area contributed by atoms with E-state index in [9.17, 15) is 0 Å². The van der Waals surface area contributed by atoms with Gasteiger partial charge in [-0.3, -0.25) is 0 Å². The Morgan fingerprint density at radius 2 is 1.59 bits per heavy atom. The van der Waals surface area contributed by atoms with Gasteiger partial charge in [-0.1, -0.05) is 56.5 Å². The molecule has 1 nitrogen and oxygen atoms in total. The van der Waals surface area contributed by atoms with Crippen LogP contribution in [0, 0.1) is 6.92 Å². The average molecular weight is 233 g/mol. The van der Waals surface area contributed by atoms with Gasteiger partial charge in [0, 0.05) is 6.04 Å². The van der Waals surface area contributed by atoms with Crippen molar-refractivity contribution in [3.63, 3.8) is 0 Å². The molecule has 1 rings (SSSR count). The summed E-state index contributed by atoms with van der Waals surface area (Å²) in [4.78, 5) is 0. The van der Waals surface area contributed by atoms with Crippen LogP contribution < -0.4 is 5.32 Å². The summed E-state index contributed by atoms with van der Waals surface area (Å²) in [5.74, 6) is 0. The zero-order chi connectivity index (χ0) is 12.5. The van der Waals surface area contributed by atoms with E-state index in [1.165, 1.54) is 49.8 Å². The highest BCUT2D eigenvalue weighted by Crippen LogP contribution is 2.09. The van der Waals surface area contributed by atoms with E-state index in [2.05, 4.69) is 50.4 Å². The summed E-state index contributed by atoms with van der Waals surface area (Å²) in [6.45, 7) is 7.72. The maximum absolute atomic E-state index is 3.46. The van der Waals surface area contributed by atoms with Crippen LogP contribution in [0.25, 0.3) is 0 Å². The molecule has 0 fully saturated rings. The van der Waals surface area contributed by atoms with Gasteiger partial charge >= 0.3 is 0 Å². The van der Waals surface area contributed by atoms with E-state index in [4.69, 9.17) is 0 Å². The predicted octanol–water partition coefficient (Wildman–Crippen LogP) is 4.10. The Hall–Kier alpha value is -0.820. The van der Waals surface area contributed by atoms with Crippen LogP contribution in [0.1, 0.15) is 50.7 Å². The first-order chi connectivity index (χ1) is 8.18. The second-order valence-corrected chi connectivity index (χ2v) is 5.26. The van der Waals surface area contributed by atoms with Crippen molar-refractivity contribution in [3.05, 3.63) is 35.4 Å². The third kappa shape index (κ3) is 7.17. The minimum atomic E-state index is 0.627. The molecular formula is C16H27N. The summed E-state index contributed by atoms with van der Waals surface area (Å²) >= 11 is 0. The van der Waals surface area contributed by atoms with Crippen LogP contribution in [0.3, 0.4) is 0 Å². The third-order valence-electron chi connectivity index (χ3n) is 3.07. The van der Waals surface area contributed by atoms with Gasteiger partial charge in [-0.25, -0.2) is 0 Å². The molecule has 0 aliphatic carbocycles. The highest BCUT2D eigenvalue weighted by atomic mass is 14.9. The Morgan fingerprint density at radius 3 is 2.24 bits per heavy atom. The first-order valence-corrected chi connectivity index (χ1v) is 6.97. The van der Waals surface area contributed by atoms with E-state index in [-0.39, 0.29) is 0 Å². The first kappa shape index (κ1) is 14.2. The second kappa shape index (κ2) is 8.30. The molecule has 0 spiro atoms. The van der Waals surface area contributed by atoms with Crippen LogP contribution in [0.15, 0.2) is 24.3 Å². The molecular weight excluding hydrogens is 206 g/mol. The Morgan fingerprint density at radius 1 is 0.941 bits per heavy atom. The summed E-state index contributed by atoms with van der Waals surface area (Å²) in [6, 6.07) is 9.57. The highest BCUT2D eigenvalue weighted by molar-refractivity contribution is 5.21. The lowest BCUT2D eigenvalue weighted by Gasteiger charge is -2.07. The van der Waals surface area contributed by atoms with Crippen molar-refractivity contribution in [3.8, 4) is 0 Å². The molecule has 0 bridgehead atoms. The van der Waals surface area contributed by atoms with Crippen LogP contribution in [-0.4, -0.2) is 12.6 Å². The molecule has 0 aliphatic heterocycles. The molecule has 1 heteroatoms. The van der Waals surface area contributed by atoms with Crippen molar-refractivity contribution in [1.82, 2.24) is 5.32 Å². The number of unbranched alkanes of at least 4 members (excludes halogenated alkanes) is 3. The molecule has 0 unspecified atom stereocenters. The Bertz CT molecular complexity index is 287. The smallest absolute Gasteiger partial charge is 0.00103 e. The third-order valence-corrected chi connectivity index (χ3v) is 3.07. The van der Waals surface area contributed by atoms with Gasteiger partial charge < -0.3 is 5.32 Å². The highest BCUT2D eigenvalue weighted by Gasteiger charge is 1.95. The van der Waals surface area contributed by atoms with Crippen molar-refractivity contribution in [2.24, 2.45) is 0 Å². The van der Waals surface area contributed by atoms with E-state index < -0.39 is 0 Å². The minimum absolute atomic E-state index is 0.627. The van der Waals surface area contributed by atoms with Gasteiger partial charge in [0.2, 0.25) is 0 Å². The van der Waals surface area contributed by atoms with Crippen molar-refractivity contribution in [2.45, 2.75) is 58.9 Å². The summed E-state index contributed by atoms with van der Waals surface area (Å²) in [5.41, 5.74) is 2.84. The van der Waals surface area contributed by atoms with Gasteiger partial charge in [-0.15, -0.1) is 0 Å². The second-order valence-electron chi connectivity index (χ2n) is 5.26. The minimum Gasteiger partial charge on any atom is -0.315 e.